The molecule has 26 heavy (non-hydrogen) atoms. The number of carbonyl (C=O) groups excluding carboxylic acids is 2. The molecule has 0 aliphatic heterocycles. The Balaban J connectivity index is 2.07. The van der Waals surface area contributed by atoms with E-state index in [0.717, 1.165) is 27.8 Å². The summed E-state index contributed by atoms with van der Waals surface area (Å²) in [6.07, 6.45) is 6.59. The summed E-state index contributed by atoms with van der Waals surface area (Å²) in [4.78, 5) is 30.8. The summed E-state index contributed by atoms with van der Waals surface area (Å²) >= 11 is 3.25. The molecule has 0 aliphatic rings. The molecule has 0 radical (unpaired) electrons. The third kappa shape index (κ3) is 3.39. The number of nitrogens with two attached hydrogens (primary N) is 1. The molecule has 3 aromatic rings. The van der Waals surface area contributed by atoms with E-state index in [2.05, 4.69) is 31.2 Å². The topological polar surface area (TPSA) is 101 Å². The maximum atomic E-state index is 12.0. The number of allylic oxidation sites excluding steroid dienone is 1. The molecule has 0 unspecified atom stereocenters. The lowest BCUT2D eigenvalue weighted by Gasteiger charge is -2.13. The van der Waals surface area contributed by atoms with Gasteiger partial charge in [-0.05, 0) is 30.2 Å². The van der Waals surface area contributed by atoms with Crippen LogP contribution < -0.4 is 11.1 Å². The van der Waals surface area contributed by atoms with Gasteiger partial charge < -0.3 is 16.0 Å². The van der Waals surface area contributed by atoms with E-state index < -0.39 is 5.91 Å². The molecule has 0 spiro atoms. The van der Waals surface area contributed by atoms with Gasteiger partial charge in [0.2, 0.25) is 5.91 Å². The second-order valence-electron chi connectivity index (χ2n) is 5.68. The first-order valence-electron chi connectivity index (χ1n) is 7.92. The van der Waals surface area contributed by atoms with Crippen LogP contribution in [0.15, 0.2) is 48.8 Å². The van der Waals surface area contributed by atoms with Crippen LogP contribution in [0.2, 0.25) is 0 Å². The Kier molecular flexibility index (Phi) is 5.18. The Bertz CT molecular complexity index is 1020. The van der Waals surface area contributed by atoms with E-state index in [1.165, 1.54) is 6.08 Å². The summed E-state index contributed by atoms with van der Waals surface area (Å²) in [5, 5.41) is 4.34. The number of nitrogens with zero attached hydrogens (tertiary/aromatic N) is 1. The number of aromatic amines is 1. The number of alkyl halides is 1. The van der Waals surface area contributed by atoms with Gasteiger partial charge in [-0.3, -0.25) is 9.59 Å². The van der Waals surface area contributed by atoms with Crippen LogP contribution in [0.3, 0.4) is 0 Å². The molecule has 0 saturated carbocycles. The molecule has 0 fully saturated rings. The van der Waals surface area contributed by atoms with Crippen molar-refractivity contribution in [3.63, 3.8) is 0 Å². The minimum Gasteiger partial charge on any atom is -0.364 e. The van der Waals surface area contributed by atoms with Crippen LogP contribution in [0.25, 0.3) is 22.0 Å². The van der Waals surface area contributed by atoms with Gasteiger partial charge >= 0.3 is 0 Å². The number of benzene rings is 1. The predicted octanol–water partition coefficient (Wildman–Crippen LogP) is 3.53. The number of pyridine rings is 1. The van der Waals surface area contributed by atoms with E-state index in [4.69, 9.17) is 5.73 Å². The lowest BCUT2D eigenvalue weighted by atomic mass is 9.97. The molecule has 6 nitrogen and oxygen atoms in total. The average molecular weight is 413 g/mol. The van der Waals surface area contributed by atoms with Gasteiger partial charge in [0.25, 0.3) is 5.91 Å². The van der Waals surface area contributed by atoms with Crippen molar-refractivity contribution < 1.29 is 9.59 Å². The Morgan fingerprint density at radius 3 is 2.85 bits per heavy atom. The van der Waals surface area contributed by atoms with Crippen LogP contribution in [0.4, 0.5) is 5.69 Å². The number of primary amides is 1. The van der Waals surface area contributed by atoms with Gasteiger partial charge in [-0.1, -0.05) is 34.1 Å². The van der Waals surface area contributed by atoms with Crippen molar-refractivity contribution in [1.82, 2.24) is 9.97 Å². The fourth-order valence-corrected chi connectivity index (χ4v) is 3.03. The van der Waals surface area contributed by atoms with Crippen LogP contribution in [-0.4, -0.2) is 27.1 Å². The average Bonchev–Trinajstić information content (AvgIpc) is 3.10. The van der Waals surface area contributed by atoms with Gasteiger partial charge in [0.05, 0.1) is 5.52 Å². The summed E-state index contributed by atoms with van der Waals surface area (Å²) in [6, 6.07) is 7.54. The second kappa shape index (κ2) is 7.53. The van der Waals surface area contributed by atoms with Gasteiger partial charge in [0, 0.05) is 40.4 Å². The molecular formula is C19H17BrN4O2. The smallest absolute Gasteiger partial charge is 0.269 e. The minimum absolute atomic E-state index is 0.196. The Morgan fingerprint density at radius 2 is 2.12 bits per heavy atom. The quantitative estimate of drug-likeness (QED) is 0.441. The first-order valence-corrected chi connectivity index (χ1v) is 9.04. The Hall–Kier alpha value is -2.93. The number of hydrogen-bond donors (Lipinski definition) is 3. The molecule has 0 atom stereocenters. The normalized spacial score (nSPS) is 11.2. The monoisotopic (exact) mass is 412 g/mol. The van der Waals surface area contributed by atoms with Crippen molar-refractivity contribution in [3.05, 3.63) is 60.1 Å². The van der Waals surface area contributed by atoms with E-state index in [-0.39, 0.29) is 11.6 Å². The molecule has 132 valence electrons. The number of fused-ring (bicyclic) bond motifs is 1. The molecule has 2 aromatic heterocycles. The third-order valence-electron chi connectivity index (χ3n) is 4.07. The highest BCUT2D eigenvalue weighted by Crippen LogP contribution is 2.33. The highest BCUT2D eigenvalue weighted by molar-refractivity contribution is 9.09. The summed E-state index contributed by atoms with van der Waals surface area (Å²) in [7, 11) is 0. The fraction of sp³-hybridized carbons (Fsp3) is 0.105. The summed E-state index contributed by atoms with van der Waals surface area (Å²) < 4.78 is 0. The van der Waals surface area contributed by atoms with Crippen LogP contribution in [0, 0.1) is 6.92 Å². The maximum Gasteiger partial charge on any atom is 0.269 e. The number of hydrogen-bond acceptors (Lipinski definition) is 3. The number of anilines is 1. The van der Waals surface area contributed by atoms with Crippen LogP contribution in [0.5, 0.6) is 0 Å². The van der Waals surface area contributed by atoms with Gasteiger partial charge in [-0.2, -0.15) is 0 Å². The van der Waals surface area contributed by atoms with Crippen molar-refractivity contribution >= 4 is 44.3 Å². The SMILES string of the molecule is Cc1c(NC(=O)/C=C/CBr)cccc1-c1cnc(C(N)=O)c2[nH]ccc12. The van der Waals surface area contributed by atoms with E-state index in [0.29, 0.717) is 10.8 Å². The van der Waals surface area contributed by atoms with E-state index in [1.807, 2.05) is 31.2 Å². The molecule has 2 heterocycles. The number of nitrogens with one attached hydrogen (secondary N) is 2. The molecule has 1 aromatic carbocycles. The summed E-state index contributed by atoms with van der Waals surface area (Å²) in [5.41, 5.74) is 9.60. The van der Waals surface area contributed by atoms with E-state index >= 15 is 0 Å². The van der Waals surface area contributed by atoms with Crippen LogP contribution >= 0.6 is 15.9 Å². The van der Waals surface area contributed by atoms with Crippen LogP contribution in [0.1, 0.15) is 16.1 Å². The predicted molar refractivity (Wildman–Crippen MR) is 106 cm³/mol. The first kappa shape index (κ1) is 17.9. The van der Waals surface area contributed by atoms with Gasteiger partial charge in [-0.15, -0.1) is 0 Å². The maximum absolute atomic E-state index is 12.0. The lowest BCUT2D eigenvalue weighted by Crippen LogP contribution is -2.13. The third-order valence-corrected chi connectivity index (χ3v) is 4.44. The minimum atomic E-state index is -0.583. The number of amides is 2. The zero-order valence-electron chi connectivity index (χ0n) is 14.0. The van der Waals surface area contributed by atoms with Crippen molar-refractivity contribution in [3.8, 4) is 11.1 Å². The molecule has 0 saturated heterocycles. The van der Waals surface area contributed by atoms with Gasteiger partial charge in [0.1, 0.15) is 0 Å². The molecule has 3 rings (SSSR count). The van der Waals surface area contributed by atoms with Crippen molar-refractivity contribution in [2.75, 3.05) is 10.6 Å². The van der Waals surface area contributed by atoms with E-state index in [1.54, 1.807) is 18.5 Å². The molecule has 0 bridgehead atoms. The summed E-state index contributed by atoms with van der Waals surface area (Å²) in [5.74, 6) is -0.779. The van der Waals surface area contributed by atoms with Crippen molar-refractivity contribution in [2.24, 2.45) is 5.73 Å². The van der Waals surface area contributed by atoms with Crippen molar-refractivity contribution in [2.45, 2.75) is 6.92 Å². The van der Waals surface area contributed by atoms with Gasteiger partial charge in [0.15, 0.2) is 5.69 Å². The van der Waals surface area contributed by atoms with E-state index in [9.17, 15) is 9.59 Å². The first-order chi connectivity index (χ1) is 12.5. The second-order valence-corrected chi connectivity index (χ2v) is 6.32. The van der Waals surface area contributed by atoms with Crippen molar-refractivity contribution in [1.29, 1.82) is 0 Å². The molecular weight excluding hydrogens is 396 g/mol. The number of carbonyl (C=O) groups is 2. The Labute approximate surface area is 158 Å². The standard InChI is InChI=1S/C19H17BrN4O2/c1-11-12(4-2-5-15(11)24-16(25)6-3-8-20)14-10-23-18(19(21)26)17-13(14)7-9-22-17/h2-7,9-10,22H,8H2,1H3,(H2,21,26)(H,24,25)/b6-3+. The number of aromatic nitrogens is 2. The molecule has 0 aliphatic carbocycles. The highest BCUT2D eigenvalue weighted by Gasteiger charge is 2.16. The summed E-state index contributed by atoms with van der Waals surface area (Å²) in [6.45, 7) is 1.93. The van der Waals surface area contributed by atoms with Gasteiger partial charge in [-0.25, -0.2) is 4.98 Å². The zero-order chi connectivity index (χ0) is 18.7. The largest absolute Gasteiger partial charge is 0.364 e. The Morgan fingerprint density at radius 1 is 1.31 bits per heavy atom. The molecule has 7 heteroatoms. The number of halogens is 1. The fourth-order valence-electron chi connectivity index (χ4n) is 2.84. The van der Waals surface area contributed by atoms with Crippen LogP contribution in [-0.2, 0) is 4.79 Å². The molecule has 2 amide bonds. The molecule has 4 N–H and O–H groups in total. The number of rotatable bonds is 5. The lowest BCUT2D eigenvalue weighted by molar-refractivity contribution is -0.111. The number of H-pyrrole nitrogens is 1. The highest BCUT2D eigenvalue weighted by atomic mass is 79.9. The zero-order valence-corrected chi connectivity index (χ0v) is 15.6.